The van der Waals surface area contributed by atoms with Crippen molar-refractivity contribution >= 4 is 21.7 Å². The van der Waals surface area contributed by atoms with E-state index in [4.69, 9.17) is 0 Å². The minimum absolute atomic E-state index is 0.0506. The highest BCUT2D eigenvalue weighted by Crippen LogP contribution is 2.34. The number of aryl methyl sites for hydroxylation is 1. The summed E-state index contributed by atoms with van der Waals surface area (Å²) >= 11 is 3.00. The lowest BCUT2D eigenvalue weighted by molar-refractivity contribution is -0.138. The Balaban J connectivity index is 2.33. The van der Waals surface area contributed by atoms with Crippen LogP contribution in [0, 0.1) is 6.92 Å². The Morgan fingerprint density at radius 1 is 1.10 bits per heavy atom. The van der Waals surface area contributed by atoms with Gasteiger partial charge in [0, 0.05) is 16.5 Å². The quantitative estimate of drug-likeness (QED) is 0.690. The third-order valence-corrected chi connectivity index (χ3v) is 3.57. The first-order valence-electron chi connectivity index (χ1n) is 6.23. The van der Waals surface area contributed by atoms with Gasteiger partial charge in [-0.1, -0.05) is 45.8 Å². The Morgan fingerprint density at radius 2 is 1.71 bits per heavy atom. The van der Waals surface area contributed by atoms with Crippen molar-refractivity contribution < 1.29 is 18.0 Å². The van der Waals surface area contributed by atoms with Crippen molar-refractivity contribution in [3.8, 4) is 0 Å². The Kier molecular flexibility index (Phi) is 4.52. The largest absolute Gasteiger partial charge is 0.417 e. The number of ketones is 1. The molecular weight excluding hydrogens is 345 g/mol. The lowest BCUT2D eigenvalue weighted by Gasteiger charge is -2.12. The molecule has 21 heavy (non-hydrogen) atoms. The van der Waals surface area contributed by atoms with Crippen molar-refractivity contribution in [2.45, 2.75) is 19.5 Å². The van der Waals surface area contributed by atoms with E-state index in [1.54, 1.807) is 12.1 Å². The van der Waals surface area contributed by atoms with Gasteiger partial charge in [-0.2, -0.15) is 13.2 Å². The van der Waals surface area contributed by atoms with Crippen LogP contribution in [-0.2, 0) is 12.6 Å². The molecule has 0 aliphatic rings. The van der Waals surface area contributed by atoms with Gasteiger partial charge < -0.3 is 0 Å². The summed E-state index contributed by atoms with van der Waals surface area (Å²) in [4.78, 5) is 12.2. The van der Waals surface area contributed by atoms with E-state index in [2.05, 4.69) is 15.9 Å². The fourth-order valence-corrected chi connectivity index (χ4v) is 2.34. The molecule has 0 unspecified atom stereocenters. The van der Waals surface area contributed by atoms with E-state index in [0.717, 1.165) is 11.6 Å². The number of Topliss-reactive ketones (excluding diaryl/α,β-unsaturated/α-hetero) is 1. The maximum absolute atomic E-state index is 13.0. The molecule has 0 aliphatic carbocycles. The van der Waals surface area contributed by atoms with E-state index in [1.807, 2.05) is 19.1 Å². The summed E-state index contributed by atoms with van der Waals surface area (Å²) in [6.07, 6.45) is -4.60. The van der Waals surface area contributed by atoms with Crippen molar-refractivity contribution in [2.75, 3.05) is 0 Å². The summed E-state index contributed by atoms with van der Waals surface area (Å²) in [7, 11) is 0. The molecule has 0 N–H and O–H groups in total. The van der Waals surface area contributed by atoms with E-state index in [-0.39, 0.29) is 12.0 Å². The van der Waals surface area contributed by atoms with Crippen LogP contribution in [0.5, 0.6) is 0 Å². The second-order valence-corrected chi connectivity index (χ2v) is 5.69. The number of rotatable bonds is 3. The van der Waals surface area contributed by atoms with Gasteiger partial charge in [-0.05, 0) is 30.7 Å². The molecule has 0 saturated carbocycles. The molecule has 0 radical (unpaired) electrons. The minimum atomic E-state index is -4.55. The van der Waals surface area contributed by atoms with Crippen LogP contribution in [0.25, 0.3) is 0 Å². The Bertz CT molecular complexity index is 660. The molecule has 110 valence electrons. The zero-order chi connectivity index (χ0) is 15.6. The number of alkyl halides is 3. The summed E-state index contributed by atoms with van der Waals surface area (Å²) in [6, 6.07) is 10.7. The number of carbonyl (C=O) groups excluding carboxylic acids is 1. The van der Waals surface area contributed by atoms with Crippen LogP contribution in [0.1, 0.15) is 27.0 Å². The SMILES string of the molecule is Cc1ccc(CC(=O)c2ccc(Br)cc2C(F)(F)F)cc1. The third-order valence-electron chi connectivity index (χ3n) is 3.07. The molecule has 2 aromatic carbocycles. The second kappa shape index (κ2) is 6.02. The van der Waals surface area contributed by atoms with Gasteiger partial charge in [0.05, 0.1) is 5.56 Å². The van der Waals surface area contributed by atoms with Gasteiger partial charge in [0.25, 0.3) is 0 Å². The molecule has 2 aromatic rings. The lowest BCUT2D eigenvalue weighted by Crippen LogP contribution is -2.14. The molecule has 0 aromatic heterocycles. The summed E-state index contributed by atoms with van der Waals surface area (Å²) in [5, 5.41) is 0. The molecule has 0 fully saturated rings. The molecule has 2 rings (SSSR count). The van der Waals surface area contributed by atoms with Crippen molar-refractivity contribution in [1.29, 1.82) is 0 Å². The highest BCUT2D eigenvalue weighted by Gasteiger charge is 2.35. The molecule has 0 bridgehead atoms. The van der Waals surface area contributed by atoms with E-state index < -0.39 is 17.5 Å². The number of benzene rings is 2. The lowest BCUT2D eigenvalue weighted by atomic mass is 9.98. The molecule has 0 heterocycles. The fourth-order valence-electron chi connectivity index (χ4n) is 1.98. The van der Waals surface area contributed by atoms with Gasteiger partial charge in [0.2, 0.25) is 0 Å². The van der Waals surface area contributed by atoms with Crippen LogP contribution in [0.3, 0.4) is 0 Å². The molecular formula is C16H12BrF3O. The van der Waals surface area contributed by atoms with E-state index in [0.29, 0.717) is 10.0 Å². The minimum Gasteiger partial charge on any atom is -0.294 e. The molecule has 0 spiro atoms. The molecule has 5 heteroatoms. The molecule has 0 saturated heterocycles. The number of hydrogen-bond acceptors (Lipinski definition) is 1. The van der Waals surface area contributed by atoms with Crippen LogP contribution in [0.2, 0.25) is 0 Å². The van der Waals surface area contributed by atoms with E-state index >= 15 is 0 Å². The monoisotopic (exact) mass is 356 g/mol. The average molecular weight is 357 g/mol. The first-order chi connectivity index (χ1) is 9.77. The van der Waals surface area contributed by atoms with Crippen molar-refractivity contribution in [3.05, 3.63) is 69.2 Å². The molecule has 1 nitrogen and oxygen atoms in total. The Morgan fingerprint density at radius 3 is 2.29 bits per heavy atom. The number of carbonyl (C=O) groups is 1. The predicted octanol–water partition coefficient (Wildman–Crippen LogP) is 5.20. The summed E-state index contributed by atoms with van der Waals surface area (Å²) in [6.45, 7) is 1.90. The Labute approximate surface area is 128 Å². The fraction of sp³-hybridized carbons (Fsp3) is 0.188. The molecule has 0 atom stereocenters. The van der Waals surface area contributed by atoms with Crippen molar-refractivity contribution in [2.24, 2.45) is 0 Å². The van der Waals surface area contributed by atoms with E-state index in [9.17, 15) is 18.0 Å². The summed E-state index contributed by atoms with van der Waals surface area (Å²) in [5.74, 6) is -0.543. The first kappa shape index (κ1) is 15.8. The van der Waals surface area contributed by atoms with Gasteiger partial charge >= 0.3 is 6.18 Å². The van der Waals surface area contributed by atoms with Gasteiger partial charge in [-0.15, -0.1) is 0 Å². The normalized spacial score (nSPS) is 11.5. The summed E-state index contributed by atoms with van der Waals surface area (Å²) < 4.78 is 39.3. The van der Waals surface area contributed by atoms with Gasteiger partial charge in [0.1, 0.15) is 0 Å². The van der Waals surface area contributed by atoms with Gasteiger partial charge in [0.15, 0.2) is 5.78 Å². The van der Waals surface area contributed by atoms with Gasteiger partial charge in [-0.3, -0.25) is 4.79 Å². The standard InChI is InChI=1S/C16H12BrF3O/c1-10-2-4-11(5-3-10)8-15(21)13-7-6-12(17)9-14(13)16(18,19)20/h2-7,9H,8H2,1H3. The van der Waals surface area contributed by atoms with Gasteiger partial charge in [-0.25, -0.2) is 0 Å². The summed E-state index contributed by atoms with van der Waals surface area (Å²) in [5.41, 5.74) is 0.521. The topological polar surface area (TPSA) is 17.1 Å². The van der Waals surface area contributed by atoms with Crippen LogP contribution in [0.15, 0.2) is 46.9 Å². The zero-order valence-corrected chi connectivity index (χ0v) is 12.8. The first-order valence-corrected chi connectivity index (χ1v) is 7.02. The maximum Gasteiger partial charge on any atom is 0.417 e. The number of halogens is 4. The van der Waals surface area contributed by atoms with Crippen LogP contribution in [0.4, 0.5) is 13.2 Å². The van der Waals surface area contributed by atoms with Crippen LogP contribution < -0.4 is 0 Å². The predicted molar refractivity (Wildman–Crippen MR) is 78.4 cm³/mol. The third kappa shape index (κ3) is 3.94. The van der Waals surface area contributed by atoms with Crippen LogP contribution >= 0.6 is 15.9 Å². The second-order valence-electron chi connectivity index (χ2n) is 4.77. The van der Waals surface area contributed by atoms with Crippen LogP contribution in [-0.4, -0.2) is 5.78 Å². The maximum atomic E-state index is 13.0. The average Bonchev–Trinajstić information content (AvgIpc) is 2.40. The van der Waals surface area contributed by atoms with E-state index in [1.165, 1.54) is 12.1 Å². The number of hydrogen-bond donors (Lipinski definition) is 0. The highest BCUT2D eigenvalue weighted by molar-refractivity contribution is 9.10. The van der Waals surface area contributed by atoms with Crippen molar-refractivity contribution in [3.63, 3.8) is 0 Å². The molecule has 0 amide bonds. The van der Waals surface area contributed by atoms with Crippen molar-refractivity contribution in [1.82, 2.24) is 0 Å². The highest BCUT2D eigenvalue weighted by atomic mass is 79.9. The molecule has 0 aliphatic heterocycles. The zero-order valence-electron chi connectivity index (χ0n) is 11.2. The Hall–Kier alpha value is -1.62. The smallest absolute Gasteiger partial charge is 0.294 e.